The highest BCUT2D eigenvalue weighted by Gasteiger charge is 2.34. The normalized spacial score (nSPS) is 18.6. The minimum atomic E-state index is -0.107. The van der Waals surface area contributed by atoms with Gasteiger partial charge in [-0.1, -0.05) is 43.2 Å². The molecular formula is C16H23N3O. The van der Waals surface area contributed by atoms with E-state index in [1.54, 1.807) is 5.01 Å². The summed E-state index contributed by atoms with van der Waals surface area (Å²) in [6.07, 6.45) is 2.58. The van der Waals surface area contributed by atoms with E-state index in [1.165, 1.54) is 5.56 Å². The van der Waals surface area contributed by atoms with Crippen molar-refractivity contribution in [2.75, 3.05) is 6.54 Å². The maximum atomic E-state index is 12.4. The van der Waals surface area contributed by atoms with Crippen LogP contribution >= 0.6 is 0 Å². The van der Waals surface area contributed by atoms with E-state index >= 15 is 0 Å². The number of nitrogens with zero attached hydrogens (tertiary/aromatic N) is 2. The van der Waals surface area contributed by atoms with E-state index in [2.05, 4.69) is 31.1 Å². The summed E-state index contributed by atoms with van der Waals surface area (Å²) in [6, 6.07) is 8.20. The van der Waals surface area contributed by atoms with Crippen molar-refractivity contribution in [3.8, 4) is 0 Å². The fraction of sp³-hybridized carbons (Fsp3) is 0.500. The molecule has 1 aromatic rings. The number of carbonyl (C=O) groups excluding carboxylic acids is 1. The van der Waals surface area contributed by atoms with Gasteiger partial charge in [-0.3, -0.25) is 4.79 Å². The Labute approximate surface area is 120 Å². The van der Waals surface area contributed by atoms with Gasteiger partial charge in [-0.15, -0.1) is 0 Å². The molecule has 1 aliphatic rings. The zero-order valence-electron chi connectivity index (χ0n) is 12.3. The lowest BCUT2D eigenvalue weighted by Gasteiger charge is -2.14. The van der Waals surface area contributed by atoms with Crippen molar-refractivity contribution < 1.29 is 4.79 Å². The molecule has 1 heterocycles. The molecule has 0 aromatic heterocycles. The number of nitrogens with two attached hydrogens (primary N) is 1. The molecule has 0 aliphatic carbocycles. The molecule has 1 amide bonds. The SMILES string of the molecule is CCCC1=NN(Cc2cccc(C)c2)C(=O)C1CCN. The van der Waals surface area contributed by atoms with Gasteiger partial charge in [0, 0.05) is 0 Å². The van der Waals surface area contributed by atoms with Gasteiger partial charge in [-0.25, -0.2) is 5.01 Å². The third-order valence-corrected chi connectivity index (χ3v) is 3.58. The van der Waals surface area contributed by atoms with Gasteiger partial charge < -0.3 is 5.73 Å². The Hall–Kier alpha value is -1.68. The van der Waals surface area contributed by atoms with Crippen LogP contribution in [-0.4, -0.2) is 23.2 Å². The van der Waals surface area contributed by atoms with Crippen LogP contribution in [0.4, 0.5) is 0 Å². The van der Waals surface area contributed by atoms with Crippen LogP contribution in [0.1, 0.15) is 37.3 Å². The topological polar surface area (TPSA) is 58.7 Å². The van der Waals surface area contributed by atoms with E-state index in [9.17, 15) is 4.79 Å². The van der Waals surface area contributed by atoms with Crippen LogP contribution in [0.2, 0.25) is 0 Å². The van der Waals surface area contributed by atoms with Gasteiger partial charge in [0.2, 0.25) is 0 Å². The molecule has 2 rings (SSSR count). The summed E-state index contributed by atoms with van der Waals surface area (Å²) in [5.41, 5.74) is 8.93. The molecule has 1 unspecified atom stereocenters. The molecule has 0 fully saturated rings. The molecule has 0 radical (unpaired) electrons. The fourth-order valence-electron chi connectivity index (χ4n) is 2.63. The molecule has 1 atom stereocenters. The van der Waals surface area contributed by atoms with Crippen molar-refractivity contribution in [2.45, 2.75) is 39.7 Å². The minimum absolute atomic E-state index is 0.0976. The van der Waals surface area contributed by atoms with Crippen molar-refractivity contribution in [3.63, 3.8) is 0 Å². The Kier molecular flexibility index (Phi) is 4.90. The minimum Gasteiger partial charge on any atom is -0.330 e. The molecule has 108 valence electrons. The summed E-state index contributed by atoms with van der Waals surface area (Å²) >= 11 is 0. The van der Waals surface area contributed by atoms with Crippen molar-refractivity contribution in [1.82, 2.24) is 5.01 Å². The van der Waals surface area contributed by atoms with Crippen molar-refractivity contribution >= 4 is 11.6 Å². The summed E-state index contributed by atoms with van der Waals surface area (Å²) < 4.78 is 0. The van der Waals surface area contributed by atoms with Crippen LogP contribution in [0.5, 0.6) is 0 Å². The van der Waals surface area contributed by atoms with Crippen LogP contribution < -0.4 is 5.73 Å². The first kappa shape index (κ1) is 14.7. The second kappa shape index (κ2) is 6.66. The Morgan fingerprint density at radius 1 is 1.40 bits per heavy atom. The smallest absolute Gasteiger partial charge is 0.251 e. The monoisotopic (exact) mass is 273 g/mol. The Bertz CT molecular complexity index is 510. The molecule has 1 aliphatic heterocycles. The highest BCUT2D eigenvalue weighted by atomic mass is 16.2. The van der Waals surface area contributed by atoms with Gasteiger partial charge in [0.15, 0.2) is 0 Å². The molecule has 0 saturated carbocycles. The standard InChI is InChI=1S/C16H23N3O/c1-3-5-15-14(8-9-17)16(20)19(18-15)11-13-7-4-6-12(2)10-13/h4,6-7,10,14H,3,5,8-9,11,17H2,1-2H3. The molecule has 0 bridgehead atoms. The fourth-order valence-corrected chi connectivity index (χ4v) is 2.63. The van der Waals surface area contributed by atoms with Gasteiger partial charge in [-0.05, 0) is 31.9 Å². The van der Waals surface area contributed by atoms with Gasteiger partial charge in [0.25, 0.3) is 5.91 Å². The number of rotatable bonds is 6. The van der Waals surface area contributed by atoms with Gasteiger partial charge in [0.05, 0.1) is 18.2 Å². The lowest BCUT2D eigenvalue weighted by atomic mass is 9.96. The first-order valence-electron chi connectivity index (χ1n) is 7.30. The third kappa shape index (κ3) is 3.25. The summed E-state index contributed by atoms with van der Waals surface area (Å²) in [5, 5.41) is 6.14. The molecule has 0 saturated heterocycles. The third-order valence-electron chi connectivity index (χ3n) is 3.58. The number of hydrazone groups is 1. The zero-order valence-corrected chi connectivity index (χ0v) is 12.3. The van der Waals surface area contributed by atoms with Crippen LogP contribution in [-0.2, 0) is 11.3 Å². The molecule has 1 aromatic carbocycles. The van der Waals surface area contributed by atoms with Gasteiger partial charge in [0.1, 0.15) is 0 Å². The van der Waals surface area contributed by atoms with E-state index in [-0.39, 0.29) is 11.8 Å². The summed E-state index contributed by atoms with van der Waals surface area (Å²) in [6.45, 7) is 5.24. The second-order valence-corrected chi connectivity index (χ2v) is 5.36. The summed E-state index contributed by atoms with van der Waals surface area (Å²) in [5.74, 6) is -0.00911. The zero-order chi connectivity index (χ0) is 14.5. The summed E-state index contributed by atoms with van der Waals surface area (Å²) in [7, 11) is 0. The van der Waals surface area contributed by atoms with Gasteiger partial charge >= 0.3 is 0 Å². The largest absolute Gasteiger partial charge is 0.330 e. The highest BCUT2D eigenvalue weighted by molar-refractivity contribution is 6.07. The Balaban J connectivity index is 2.13. The van der Waals surface area contributed by atoms with Crippen molar-refractivity contribution in [1.29, 1.82) is 0 Å². The number of aryl methyl sites for hydroxylation is 1. The average molecular weight is 273 g/mol. The number of carbonyl (C=O) groups is 1. The van der Waals surface area contributed by atoms with Crippen LogP contribution in [0, 0.1) is 12.8 Å². The van der Waals surface area contributed by atoms with Crippen molar-refractivity contribution in [3.05, 3.63) is 35.4 Å². The van der Waals surface area contributed by atoms with Crippen LogP contribution in [0.3, 0.4) is 0 Å². The lowest BCUT2D eigenvalue weighted by molar-refractivity contribution is -0.132. The Morgan fingerprint density at radius 2 is 2.20 bits per heavy atom. The van der Waals surface area contributed by atoms with E-state index < -0.39 is 0 Å². The average Bonchev–Trinajstić information content (AvgIpc) is 2.69. The molecule has 0 spiro atoms. The van der Waals surface area contributed by atoms with E-state index in [0.717, 1.165) is 24.1 Å². The van der Waals surface area contributed by atoms with Crippen LogP contribution in [0.25, 0.3) is 0 Å². The molecular weight excluding hydrogens is 250 g/mol. The molecule has 20 heavy (non-hydrogen) atoms. The lowest BCUT2D eigenvalue weighted by Crippen LogP contribution is -2.29. The second-order valence-electron chi connectivity index (χ2n) is 5.36. The number of benzene rings is 1. The molecule has 4 nitrogen and oxygen atoms in total. The first-order valence-corrected chi connectivity index (χ1v) is 7.30. The van der Waals surface area contributed by atoms with Gasteiger partial charge in [-0.2, -0.15) is 5.10 Å². The highest BCUT2D eigenvalue weighted by Crippen LogP contribution is 2.23. The summed E-state index contributed by atoms with van der Waals surface area (Å²) in [4.78, 5) is 12.4. The predicted octanol–water partition coefficient (Wildman–Crippen LogP) is 2.46. The first-order chi connectivity index (χ1) is 9.65. The molecule has 4 heteroatoms. The van der Waals surface area contributed by atoms with Crippen molar-refractivity contribution in [2.24, 2.45) is 16.8 Å². The van der Waals surface area contributed by atoms with Crippen LogP contribution in [0.15, 0.2) is 29.4 Å². The van der Waals surface area contributed by atoms with E-state index in [4.69, 9.17) is 5.73 Å². The maximum Gasteiger partial charge on any atom is 0.251 e. The van der Waals surface area contributed by atoms with E-state index in [0.29, 0.717) is 19.5 Å². The number of amides is 1. The molecule has 2 N–H and O–H groups in total. The Morgan fingerprint density at radius 3 is 2.85 bits per heavy atom. The van der Waals surface area contributed by atoms with E-state index in [1.807, 2.05) is 12.1 Å². The number of hydrogen-bond donors (Lipinski definition) is 1. The quantitative estimate of drug-likeness (QED) is 0.865. The predicted molar refractivity (Wildman–Crippen MR) is 81.2 cm³/mol. The number of hydrogen-bond acceptors (Lipinski definition) is 3. The maximum absolute atomic E-state index is 12.4.